The summed E-state index contributed by atoms with van der Waals surface area (Å²) in [6.07, 6.45) is 14.4. The highest BCUT2D eigenvalue weighted by atomic mass is 16.2. The van der Waals surface area contributed by atoms with Gasteiger partial charge in [0.05, 0.1) is 0 Å². The number of nitrogens with one attached hydrogen (secondary N) is 1. The zero-order valence-electron chi connectivity index (χ0n) is 16.9. The van der Waals surface area contributed by atoms with Crippen LogP contribution >= 0.6 is 0 Å². The first-order valence-electron chi connectivity index (χ1n) is 10.4. The van der Waals surface area contributed by atoms with Crippen LogP contribution in [-0.4, -0.2) is 16.0 Å². The van der Waals surface area contributed by atoms with Gasteiger partial charge in [0.15, 0.2) is 0 Å². The predicted molar refractivity (Wildman–Crippen MR) is 111 cm³/mol. The summed E-state index contributed by atoms with van der Waals surface area (Å²) in [7, 11) is 0. The third-order valence-electron chi connectivity index (χ3n) is 5.85. The van der Waals surface area contributed by atoms with Gasteiger partial charge in [-0.1, -0.05) is 44.8 Å². The molecule has 27 heavy (non-hydrogen) atoms. The smallest absolute Gasteiger partial charge is 0.263 e. The van der Waals surface area contributed by atoms with E-state index in [1.54, 1.807) is 0 Å². The van der Waals surface area contributed by atoms with Crippen molar-refractivity contribution in [3.63, 3.8) is 0 Å². The average molecular weight is 369 g/mol. The first-order valence-corrected chi connectivity index (χ1v) is 10.4. The summed E-state index contributed by atoms with van der Waals surface area (Å²) in [5.41, 5.74) is 3.07. The minimum Gasteiger partial charge on any atom is -0.347 e. The second kappa shape index (κ2) is 8.28. The van der Waals surface area contributed by atoms with Crippen LogP contribution in [-0.2, 0) is 13.0 Å². The molecule has 0 aromatic carbocycles. The molecule has 1 aromatic heterocycles. The molecule has 146 valence electrons. The van der Waals surface area contributed by atoms with Gasteiger partial charge in [-0.05, 0) is 62.8 Å². The molecule has 0 saturated heterocycles. The summed E-state index contributed by atoms with van der Waals surface area (Å²) in [4.78, 5) is 26.2. The molecule has 4 nitrogen and oxygen atoms in total. The number of hydrogen-bond acceptors (Lipinski definition) is 2. The molecule has 1 N–H and O–H groups in total. The first kappa shape index (κ1) is 19.7. The number of rotatable bonds is 5. The van der Waals surface area contributed by atoms with Gasteiger partial charge in [0.25, 0.3) is 11.5 Å². The van der Waals surface area contributed by atoms with E-state index in [0.29, 0.717) is 6.54 Å². The Balaban J connectivity index is 2.00. The maximum Gasteiger partial charge on any atom is 0.263 e. The van der Waals surface area contributed by atoms with E-state index < -0.39 is 0 Å². The fourth-order valence-corrected chi connectivity index (χ4v) is 4.21. The number of hydrogen-bond donors (Lipinski definition) is 1. The van der Waals surface area contributed by atoms with E-state index in [4.69, 9.17) is 0 Å². The Bertz CT molecular complexity index is 824. The summed E-state index contributed by atoms with van der Waals surface area (Å²) < 4.78 is 1.81. The number of fused-ring (bicyclic) bond motifs is 1. The molecule has 0 spiro atoms. The van der Waals surface area contributed by atoms with Crippen molar-refractivity contribution in [2.45, 2.75) is 84.2 Å². The Labute approximate surface area is 162 Å². The molecule has 0 radical (unpaired) electrons. The molecule has 0 atom stereocenters. The highest BCUT2D eigenvalue weighted by Gasteiger charge is 2.30. The fourth-order valence-electron chi connectivity index (χ4n) is 4.21. The van der Waals surface area contributed by atoms with Crippen molar-refractivity contribution in [1.82, 2.24) is 9.88 Å². The van der Waals surface area contributed by atoms with Crippen LogP contribution in [0, 0.1) is 0 Å². The van der Waals surface area contributed by atoms with E-state index in [0.717, 1.165) is 61.8 Å². The molecule has 0 bridgehead atoms. The molecule has 1 aromatic rings. The monoisotopic (exact) mass is 368 g/mol. The quantitative estimate of drug-likeness (QED) is 0.825. The molecule has 2 aliphatic carbocycles. The summed E-state index contributed by atoms with van der Waals surface area (Å²) in [5, 5.41) is 3.18. The Morgan fingerprint density at radius 3 is 2.70 bits per heavy atom. The minimum absolute atomic E-state index is 0.162. The van der Waals surface area contributed by atoms with Crippen molar-refractivity contribution in [2.24, 2.45) is 0 Å². The number of unbranched alkanes of at least 4 members (excludes halogenated alkanes) is 1. The van der Waals surface area contributed by atoms with E-state index in [9.17, 15) is 9.59 Å². The van der Waals surface area contributed by atoms with E-state index in [-0.39, 0.29) is 22.6 Å². The predicted octanol–water partition coefficient (Wildman–Crippen LogP) is 4.62. The Morgan fingerprint density at radius 1 is 1.26 bits per heavy atom. The van der Waals surface area contributed by atoms with Crippen LogP contribution in [0.4, 0.5) is 0 Å². The first-order chi connectivity index (χ1) is 12.9. The highest BCUT2D eigenvalue weighted by Crippen LogP contribution is 2.28. The van der Waals surface area contributed by atoms with Crippen LogP contribution in [0.5, 0.6) is 0 Å². The van der Waals surface area contributed by atoms with Crippen molar-refractivity contribution < 1.29 is 4.79 Å². The Morgan fingerprint density at radius 2 is 2.00 bits per heavy atom. The molecular weight excluding hydrogens is 336 g/mol. The number of aromatic nitrogens is 1. The molecule has 0 unspecified atom stereocenters. The second-order valence-electron chi connectivity index (χ2n) is 8.35. The molecule has 0 aliphatic heterocycles. The van der Waals surface area contributed by atoms with Crippen LogP contribution in [0.3, 0.4) is 0 Å². The van der Waals surface area contributed by atoms with Crippen molar-refractivity contribution >= 4 is 12.0 Å². The zero-order chi connectivity index (χ0) is 19.4. The minimum atomic E-state index is -0.216. The van der Waals surface area contributed by atoms with Crippen LogP contribution in [0.15, 0.2) is 28.6 Å². The maximum atomic E-state index is 13.2. The lowest BCUT2D eigenvalue weighted by molar-refractivity contribution is 0.0880. The van der Waals surface area contributed by atoms with Crippen LogP contribution in [0.25, 0.3) is 6.08 Å². The Kier molecular flexibility index (Phi) is 6.03. The standard InChI is InChI=1S/C23H32N2O2/c1-4-5-14-25-20-15-17(2)10-9-11-18(20)16-19(22(25)27)21(26)24-23(3)12-7-6-8-13-23/h9-10,15-16H,4-8,11-14H2,1-3H3,(H,24,26). The molecule has 2 aliphatic rings. The molecular formula is C23H32N2O2. The van der Waals surface area contributed by atoms with Crippen LogP contribution in [0.1, 0.15) is 87.3 Å². The molecule has 1 saturated carbocycles. The largest absolute Gasteiger partial charge is 0.347 e. The molecule has 1 heterocycles. The third kappa shape index (κ3) is 4.42. The van der Waals surface area contributed by atoms with E-state index >= 15 is 0 Å². The normalized spacial score (nSPS) is 18.4. The average Bonchev–Trinajstić information content (AvgIpc) is 2.81. The summed E-state index contributed by atoms with van der Waals surface area (Å²) in [5.74, 6) is -0.216. The lowest BCUT2D eigenvalue weighted by atomic mass is 9.83. The van der Waals surface area contributed by atoms with Crippen molar-refractivity contribution in [3.05, 3.63) is 51.0 Å². The Hall–Kier alpha value is -2.10. The van der Waals surface area contributed by atoms with Gasteiger partial charge >= 0.3 is 0 Å². The lowest BCUT2D eigenvalue weighted by Crippen LogP contribution is -2.49. The van der Waals surface area contributed by atoms with Crippen LogP contribution < -0.4 is 10.9 Å². The van der Waals surface area contributed by atoms with Gasteiger partial charge in [-0.25, -0.2) is 0 Å². The van der Waals surface area contributed by atoms with Gasteiger partial charge in [0, 0.05) is 17.8 Å². The van der Waals surface area contributed by atoms with Gasteiger partial charge in [0.1, 0.15) is 5.56 Å². The zero-order valence-corrected chi connectivity index (χ0v) is 16.9. The summed E-state index contributed by atoms with van der Waals surface area (Å²) in [6, 6.07) is 1.82. The third-order valence-corrected chi connectivity index (χ3v) is 5.85. The second-order valence-corrected chi connectivity index (χ2v) is 8.35. The topological polar surface area (TPSA) is 51.1 Å². The molecule has 4 heteroatoms. The number of carbonyl (C=O) groups excluding carboxylic acids is 1. The molecule has 1 amide bonds. The van der Waals surface area contributed by atoms with Gasteiger partial charge in [0.2, 0.25) is 0 Å². The van der Waals surface area contributed by atoms with E-state index in [1.807, 2.05) is 17.6 Å². The lowest BCUT2D eigenvalue weighted by Gasteiger charge is -2.34. The SMILES string of the molecule is CCCCn1c2c(cc(C(=O)NC3(C)CCCCC3)c1=O)CC=CC(C)=C2. The summed E-state index contributed by atoms with van der Waals surface area (Å²) >= 11 is 0. The van der Waals surface area contributed by atoms with Crippen LogP contribution in [0.2, 0.25) is 0 Å². The van der Waals surface area contributed by atoms with E-state index in [2.05, 4.69) is 37.4 Å². The molecule has 1 fully saturated rings. The number of nitrogens with zero attached hydrogens (tertiary/aromatic N) is 1. The molecule has 3 rings (SSSR count). The van der Waals surface area contributed by atoms with Gasteiger partial charge in [-0.2, -0.15) is 0 Å². The summed E-state index contributed by atoms with van der Waals surface area (Å²) in [6.45, 7) is 6.93. The van der Waals surface area contributed by atoms with Crippen molar-refractivity contribution in [1.29, 1.82) is 0 Å². The highest BCUT2D eigenvalue weighted by molar-refractivity contribution is 5.94. The fraction of sp³-hybridized carbons (Fsp3) is 0.565. The number of carbonyl (C=O) groups is 1. The maximum absolute atomic E-state index is 13.2. The van der Waals surface area contributed by atoms with E-state index in [1.165, 1.54) is 6.42 Å². The van der Waals surface area contributed by atoms with Gasteiger partial charge < -0.3 is 9.88 Å². The number of allylic oxidation sites excluding steroid dienone is 3. The number of amides is 1. The van der Waals surface area contributed by atoms with Gasteiger partial charge in [-0.3, -0.25) is 9.59 Å². The van der Waals surface area contributed by atoms with Gasteiger partial charge in [-0.15, -0.1) is 0 Å². The van der Waals surface area contributed by atoms with Crippen molar-refractivity contribution in [2.75, 3.05) is 0 Å². The number of pyridine rings is 1. The van der Waals surface area contributed by atoms with Crippen molar-refractivity contribution in [3.8, 4) is 0 Å².